The number of carbonyl (C=O) groups is 2. The first-order valence-corrected chi connectivity index (χ1v) is 24.2. The van der Waals surface area contributed by atoms with Crippen LogP contribution in [0.15, 0.2) is 58.3 Å². The zero-order valence-corrected chi connectivity index (χ0v) is 39.2. The van der Waals surface area contributed by atoms with E-state index in [4.69, 9.17) is 18.9 Å². The van der Waals surface area contributed by atoms with Crippen LogP contribution in [0, 0.1) is 0 Å². The highest BCUT2D eigenvalue weighted by atomic mass is 32.2. The number of unbranched alkanes of at least 4 members (excludes halogenated alkanes) is 3. The molecule has 26 heteroatoms. The van der Waals surface area contributed by atoms with Gasteiger partial charge < -0.3 is 111 Å². The number of aliphatic hydroxyl groups is 16. The van der Waals surface area contributed by atoms with Crippen molar-refractivity contribution in [3.05, 3.63) is 48.5 Å². The standard InChI is InChI=1S/C44H64N2O22S2/c47-15-25-31(53)33(55)35(57)37(67-25)41(61)19-65-27(17-49)43(63,39(41)59)69-23-11-7-21(8-12-23)45-29(51)5-3-1-2-4-6-30(52)46-22-9-13-24(14-10-22)70-44(64)28(18-50)66-20-42(62,40(44)60)38-36(58)34(56)32(54)26(16-48)68-38/h7-14,25-28,31-40,47-50,53-64H,1-6,15-20H2,(H,45,51)(H,46,52)/t25-,26-,27-,28-,31-,32-,33+,34+,35-,36-,37-,38-,39-,40-,41-,42-,43-,44-/m1/s1. The number of hydrogen-bond acceptors (Lipinski definition) is 24. The van der Waals surface area contributed by atoms with Crippen molar-refractivity contribution in [2.45, 2.75) is 155 Å². The van der Waals surface area contributed by atoms with Crippen molar-refractivity contribution in [1.29, 1.82) is 0 Å². The predicted molar refractivity (Wildman–Crippen MR) is 243 cm³/mol. The van der Waals surface area contributed by atoms with Crippen LogP contribution in [0.5, 0.6) is 0 Å². The second-order valence-corrected chi connectivity index (χ2v) is 20.7. The number of benzene rings is 2. The first kappa shape index (κ1) is 56.6. The van der Waals surface area contributed by atoms with Crippen molar-refractivity contribution >= 4 is 46.7 Å². The van der Waals surface area contributed by atoms with Gasteiger partial charge in [-0.1, -0.05) is 36.4 Å². The fourth-order valence-electron chi connectivity index (χ4n) is 9.01. The molecule has 2 aromatic rings. The largest absolute Gasteiger partial charge is 0.394 e. The van der Waals surface area contributed by atoms with Crippen LogP contribution in [0.4, 0.5) is 11.4 Å². The van der Waals surface area contributed by atoms with Crippen molar-refractivity contribution in [3.8, 4) is 0 Å². The smallest absolute Gasteiger partial charge is 0.224 e. The normalized spacial score (nSPS) is 40.1. The van der Waals surface area contributed by atoms with Gasteiger partial charge in [0.25, 0.3) is 0 Å². The summed E-state index contributed by atoms with van der Waals surface area (Å²) in [5.41, 5.74) is -4.40. The van der Waals surface area contributed by atoms with E-state index in [9.17, 15) is 91.3 Å². The molecule has 4 aliphatic rings. The van der Waals surface area contributed by atoms with Gasteiger partial charge in [0.15, 0.2) is 9.87 Å². The molecule has 6 rings (SSSR count). The molecule has 0 saturated carbocycles. The van der Waals surface area contributed by atoms with Crippen molar-refractivity contribution in [3.63, 3.8) is 0 Å². The second-order valence-electron chi connectivity index (χ2n) is 18.0. The van der Waals surface area contributed by atoms with E-state index in [1.807, 2.05) is 0 Å². The van der Waals surface area contributed by atoms with E-state index in [-0.39, 0.29) is 24.7 Å². The lowest BCUT2D eigenvalue weighted by atomic mass is 9.77. The third-order valence-corrected chi connectivity index (χ3v) is 15.8. The first-order chi connectivity index (χ1) is 33.1. The van der Waals surface area contributed by atoms with Crippen LogP contribution in [0.2, 0.25) is 0 Å². The van der Waals surface area contributed by atoms with Gasteiger partial charge in [-0.05, 0) is 61.4 Å². The van der Waals surface area contributed by atoms with Crippen LogP contribution in [-0.2, 0) is 28.5 Å². The third kappa shape index (κ3) is 11.6. The van der Waals surface area contributed by atoms with E-state index in [1.54, 1.807) is 0 Å². The van der Waals surface area contributed by atoms with Crippen LogP contribution in [0.3, 0.4) is 0 Å². The first-order valence-electron chi connectivity index (χ1n) is 22.6. The average Bonchev–Trinajstić information content (AvgIpc) is 3.33. The zero-order chi connectivity index (χ0) is 51.3. The van der Waals surface area contributed by atoms with Gasteiger partial charge >= 0.3 is 0 Å². The molecule has 70 heavy (non-hydrogen) atoms. The fourth-order valence-corrected chi connectivity index (χ4v) is 11.5. The summed E-state index contributed by atoms with van der Waals surface area (Å²) in [5, 5.41) is 176. The SMILES string of the molecule is O=C(CCCCCCC(=O)Nc1ccc(S[C@@]2(O)[C@H](O)[C@](O)([C@@H]3O[C@H](CO)[C@@H](O)[C@H](O)[C@H]3O)CO[C@@H]2CO)cc1)Nc1ccc(S[C@@]2(O)[C@H](O)[C@](O)([C@@H]3O[C@H](CO)[C@@H](O)[C@H](O)[C@H]3O)CO[C@@H]2CO)cc1. The number of nitrogens with one attached hydrogen (secondary N) is 2. The fraction of sp³-hybridized carbons (Fsp3) is 0.682. The molecule has 4 heterocycles. The number of anilines is 2. The van der Waals surface area contributed by atoms with Gasteiger partial charge in [-0.2, -0.15) is 0 Å². The maximum Gasteiger partial charge on any atom is 0.224 e. The molecule has 2 amide bonds. The van der Waals surface area contributed by atoms with E-state index in [1.165, 1.54) is 48.5 Å². The molecular weight excluding hydrogens is 973 g/mol. The number of amides is 2. The van der Waals surface area contributed by atoms with E-state index >= 15 is 0 Å². The molecule has 0 radical (unpaired) electrons. The molecule has 24 nitrogen and oxygen atoms in total. The quantitative estimate of drug-likeness (QED) is 0.0462. The molecule has 394 valence electrons. The lowest BCUT2D eigenvalue weighted by Crippen LogP contribution is -2.76. The Labute approximate surface area is 409 Å². The second kappa shape index (κ2) is 23.7. The van der Waals surface area contributed by atoms with Crippen LogP contribution in [0.25, 0.3) is 0 Å². The Kier molecular flexibility index (Phi) is 19.1. The Morgan fingerprint density at radius 1 is 0.500 bits per heavy atom. The summed E-state index contributed by atoms with van der Waals surface area (Å²) in [7, 11) is 0. The minimum absolute atomic E-state index is 0.162. The number of rotatable bonds is 19. The highest BCUT2D eigenvalue weighted by Crippen LogP contribution is 2.49. The van der Waals surface area contributed by atoms with Crippen molar-refractivity contribution in [2.75, 3.05) is 50.3 Å². The summed E-state index contributed by atoms with van der Waals surface area (Å²) in [6, 6.07) is 12.0. The van der Waals surface area contributed by atoms with Crippen LogP contribution < -0.4 is 10.6 Å². The average molecular weight is 1040 g/mol. The minimum Gasteiger partial charge on any atom is -0.394 e. The highest BCUT2D eigenvalue weighted by Gasteiger charge is 2.67. The summed E-state index contributed by atoms with van der Waals surface area (Å²) in [6.07, 6.45) is -22.4. The number of thioether (sulfide) groups is 2. The van der Waals surface area contributed by atoms with Gasteiger partial charge in [0, 0.05) is 34.0 Å². The Bertz CT molecular complexity index is 1890. The van der Waals surface area contributed by atoms with Gasteiger partial charge in [-0.15, -0.1) is 0 Å². The van der Waals surface area contributed by atoms with Crippen molar-refractivity contribution in [2.24, 2.45) is 0 Å². The van der Waals surface area contributed by atoms with E-state index < -0.39 is 146 Å². The van der Waals surface area contributed by atoms with Gasteiger partial charge in [-0.25, -0.2) is 0 Å². The summed E-state index contributed by atoms with van der Waals surface area (Å²) >= 11 is 1.21. The topological polar surface area (TPSA) is 419 Å². The van der Waals surface area contributed by atoms with Crippen LogP contribution in [0.1, 0.15) is 38.5 Å². The molecule has 0 aromatic heterocycles. The lowest BCUT2D eigenvalue weighted by Gasteiger charge is -2.55. The highest BCUT2D eigenvalue weighted by molar-refractivity contribution is 8.00. The predicted octanol–water partition coefficient (Wildman–Crippen LogP) is -5.18. The maximum atomic E-state index is 12.7. The molecule has 0 spiro atoms. The van der Waals surface area contributed by atoms with Gasteiger partial charge in [0.05, 0.1) is 39.6 Å². The third-order valence-electron chi connectivity index (χ3n) is 13.2. The Hall–Kier alpha value is -2.72. The molecule has 4 fully saturated rings. The summed E-state index contributed by atoms with van der Waals surface area (Å²) in [5.74, 6) is -0.595. The lowest BCUT2D eigenvalue weighted by molar-refractivity contribution is -0.328. The van der Waals surface area contributed by atoms with Crippen LogP contribution in [-0.4, -0.2) is 240 Å². The molecule has 18 atom stereocenters. The zero-order valence-electron chi connectivity index (χ0n) is 37.6. The number of ether oxygens (including phenoxy) is 4. The number of carbonyl (C=O) groups excluding carboxylic acids is 2. The van der Waals surface area contributed by atoms with E-state index in [0.717, 1.165) is 0 Å². The van der Waals surface area contributed by atoms with Crippen LogP contribution >= 0.6 is 23.5 Å². The Balaban J connectivity index is 0.926. The molecule has 4 saturated heterocycles. The number of hydrogen-bond donors (Lipinski definition) is 18. The molecule has 4 aliphatic heterocycles. The summed E-state index contributed by atoms with van der Waals surface area (Å²) in [4.78, 5) is 21.1. The number of aliphatic hydroxyl groups excluding tert-OH is 12. The summed E-state index contributed by atoms with van der Waals surface area (Å²) in [6.45, 7) is -4.75. The Morgan fingerprint density at radius 3 is 1.16 bits per heavy atom. The molecule has 18 N–H and O–H groups in total. The molecule has 0 bridgehead atoms. The molecule has 0 unspecified atom stereocenters. The van der Waals surface area contributed by atoms with Gasteiger partial charge in [0.1, 0.15) is 96.7 Å². The van der Waals surface area contributed by atoms with Crippen molar-refractivity contribution < 1.29 is 110 Å². The summed E-state index contributed by atoms with van der Waals surface area (Å²) < 4.78 is 21.9. The van der Waals surface area contributed by atoms with Gasteiger partial charge in [0.2, 0.25) is 11.8 Å². The molecule has 2 aromatic carbocycles. The monoisotopic (exact) mass is 1040 g/mol. The minimum atomic E-state index is -2.59. The Morgan fingerprint density at radius 2 is 0.843 bits per heavy atom. The van der Waals surface area contributed by atoms with Gasteiger partial charge in [-0.3, -0.25) is 9.59 Å². The molecular formula is C44H64N2O22S2. The molecule has 0 aliphatic carbocycles. The van der Waals surface area contributed by atoms with Crippen molar-refractivity contribution in [1.82, 2.24) is 0 Å². The maximum absolute atomic E-state index is 12.7. The van der Waals surface area contributed by atoms with E-state index in [2.05, 4.69) is 10.6 Å². The van der Waals surface area contributed by atoms with E-state index in [0.29, 0.717) is 70.4 Å².